The molecule has 1 aliphatic rings. The van der Waals surface area contributed by atoms with Crippen molar-refractivity contribution in [3.05, 3.63) is 47.1 Å². The molecule has 25 heavy (non-hydrogen) atoms. The minimum absolute atomic E-state index is 0.139. The molecular weight excluding hydrogens is 335 g/mol. The first kappa shape index (κ1) is 18.1. The zero-order chi connectivity index (χ0) is 17.8. The van der Waals surface area contributed by atoms with E-state index in [0.717, 1.165) is 41.2 Å². The number of carbonyl (C=O) groups excluding carboxylic acids is 1. The minimum Gasteiger partial charge on any atom is -0.335 e. The molecule has 1 N–H and O–H groups in total. The summed E-state index contributed by atoms with van der Waals surface area (Å²) >= 11 is 1.67. The van der Waals surface area contributed by atoms with Crippen molar-refractivity contribution in [3.63, 3.8) is 0 Å². The average Bonchev–Trinajstić information content (AvgIpc) is 3.09. The molecule has 0 atom stereocenters. The second-order valence-corrected chi connectivity index (χ2v) is 8.03. The highest BCUT2D eigenvalue weighted by Gasteiger charge is 2.27. The Kier molecular flexibility index (Phi) is 5.86. The standard InChI is InChI=1S/C20H25FN2OS/c1-14(2)23(20(24)16-9-11-22-12-10-16)13-18-7-8-19(25-18)15-3-5-17(21)6-4-15/h3-8,14,16,22H,9-13H2,1-2H3. The molecule has 1 aromatic heterocycles. The fourth-order valence-electron chi connectivity index (χ4n) is 3.22. The largest absolute Gasteiger partial charge is 0.335 e. The summed E-state index contributed by atoms with van der Waals surface area (Å²) in [5.74, 6) is 0.187. The van der Waals surface area contributed by atoms with Crippen molar-refractivity contribution in [3.8, 4) is 10.4 Å². The third-order valence-electron chi connectivity index (χ3n) is 4.71. The van der Waals surface area contributed by atoms with Gasteiger partial charge in [0.25, 0.3) is 0 Å². The lowest BCUT2D eigenvalue weighted by Crippen LogP contribution is -2.43. The molecule has 2 heterocycles. The number of nitrogens with zero attached hydrogens (tertiary/aromatic N) is 1. The zero-order valence-electron chi connectivity index (χ0n) is 14.8. The van der Waals surface area contributed by atoms with E-state index in [-0.39, 0.29) is 23.7 Å². The van der Waals surface area contributed by atoms with Gasteiger partial charge in [0.05, 0.1) is 6.54 Å². The van der Waals surface area contributed by atoms with Crippen molar-refractivity contribution in [2.75, 3.05) is 13.1 Å². The molecule has 2 aromatic rings. The molecule has 0 aliphatic carbocycles. The van der Waals surface area contributed by atoms with Crippen molar-refractivity contribution >= 4 is 17.2 Å². The zero-order valence-corrected chi connectivity index (χ0v) is 15.6. The Morgan fingerprint density at radius 3 is 2.52 bits per heavy atom. The summed E-state index contributed by atoms with van der Waals surface area (Å²) in [4.78, 5) is 17.2. The normalized spacial score (nSPS) is 15.5. The average molecular weight is 360 g/mol. The maximum absolute atomic E-state index is 13.1. The van der Waals surface area contributed by atoms with Gasteiger partial charge in [-0.05, 0) is 69.6 Å². The predicted molar refractivity (Wildman–Crippen MR) is 101 cm³/mol. The Hall–Kier alpha value is -1.72. The highest BCUT2D eigenvalue weighted by molar-refractivity contribution is 7.15. The monoisotopic (exact) mass is 360 g/mol. The highest BCUT2D eigenvalue weighted by Crippen LogP contribution is 2.30. The Labute approximate surface area is 152 Å². The predicted octanol–water partition coefficient (Wildman–Crippen LogP) is 4.29. The van der Waals surface area contributed by atoms with Crippen molar-refractivity contribution in [1.29, 1.82) is 0 Å². The summed E-state index contributed by atoms with van der Waals surface area (Å²) < 4.78 is 13.1. The quantitative estimate of drug-likeness (QED) is 0.863. The Balaban J connectivity index is 1.72. The third kappa shape index (κ3) is 4.47. The van der Waals surface area contributed by atoms with E-state index in [9.17, 15) is 9.18 Å². The van der Waals surface area contributed by atoms with Crippen LogP contribution in [0.15, 0.2) is 36.4 Å². The van der Waals surface area contributed by atoms with Gasteiger partial charge < -0.3 is 10.2 Å². The van der Waals surface area contributed by atoms with Crippen molar-refractivity contribution in [2.24, 2.45) is 5.92 Å². The first-order chi connectivity index (χ1) is 12.0. The van der Waals surface area contributed by atoms with Crippen LogP contribution < -0.4 is 5.32 Å². The second kappa shape index (κ2) is 8.11. The molecular formula is C20H25FN2OS. The molecule has 1 amide bonds. The van der Waals surface area contributed by atoms with Gasteiger partial charge in [-0.15, -0.1) is 11.3 Å². The number of nitrogens with one attached hydrogen (secondary N) is 1. The first-order valence-corrected chi connectivity index (χ1v) is 9.72. The van der Waals surface area contributed by atoms with Crippen LogP contribution in [0.1, 0.15) is 31.6 Å². The molecule has 0 bridgehead atoms. The van der Waals surface area contributed by atoms with Gasteiger partial charge in [-0.3, -0.25) is 4.79 Å². The van der Waals surface area contributed by atoms with Gasteiger partial charge in [-0.25, -0.2) is 4.39 Å². The van der Waals surface area contributed by atoms with Gasteiger partial charge in [0, 0.05) is 21.7 Å². The molecule has 3 nitrogen and oxygen atoms in total. The summed E-state index contributed by atoms with van der Waals surface area (Å²) in [6.07, 6.45) is 1.85. The van der Waals surface area contributed by atoms with E-state index >= 15 is 0 Å². The number of carbonyl (C=O) groups is 1. The van der Waals surface area contributed by atoms with E-state index in [1.807, 2.05) is 4.90 Å². The molecule has 1 saturated heterocycles. The maximum Gasteiger partial charge on any atom is 0.226 e. The molecule has 3 rings (SSSR count). The Bertz CT molecular complexity index is 705. The minimum atomic E-state index is -0.223. The van der Waals surface area contributed by atoms with Crippen LogP contribution in [0.25, 0.3) is 10.4 Å². The van der Waals surface area contributed by atoms with Crippen LogP contribution in [-0.4, -0.2) is 29.9 Å². The summed E-state index contributed by atoms with van der Waals surface area (Å²) in [7, 11) is 0. The fraction of sp³-hybridized carbons (Fsp3) is 0.450. The molecule has 0 saturated carbocycles. The summed E-state index contributed by atoms with van der Waals surface area (Å²) in [6.45, 7) is 6.65. The molecule has 1 aliphatic heterocycles. The smallest absolute Gasteiger partial charge is 0.226 e. The van der Waals surface area contributed by atoms with Gasteiger partial charge in [0.1, 0.15) is 5.82 Å². The van der Waals surface area contributed by atoms with E-state index < -0.39 is 0 Å². The number of benzene rings is 1. The number of amides is 1. The molecule has 0 radical (unpaired) electrons. The van der Waals surface area contributed by atoms with Crippen LogP contribution in [0.2, 0.25) is 0 Å². The van der Waals surface area contributed by atoms with E-state index in [4.69, 9.17) is 0 Å². The van der Waals surface area contributed by atoms with Crippen LogP contribution in [-0.2, 0) is 11.3 Å². The van der Waals surface area contributed by atoms with E-state index in [1.54, 1.807) is 23.5 Å². The number of hydrogen-bond acceptors (Lipinski definition) is 3. The van der Waals surface area contributed by atoms with E-state index in [0.29, 0.717) is 6.54 Å². The summed E-state index contributed by atoms with van der Waals surface area (Å²) in [5.41, 5.74) is 1.01. The lowest BCUT2D eigenvalue weighted by Gasteiger charge is -2.32. The molecule has 0 spiro atoms. The van der Waals surface area contributed by atoms with Gasteiger partial charge in [0.2, 0.25) is 5.91 Å². The van der Waals surface area contributed by atoms with Crippen LogP contribution in [0.3, 0.4) is 0 Å². The summed E-state index contributed by atoms with van der Waals surface area (Å²) in [6, 6.07) is 10.9. The second-order valence-electron chi connectivity index (χ2n) is 6.86. The van der Waals surface area contributed by atoms with Gasteiger partial charge >= 0.3 is 0 Å². The van der Waals surface area contributed by atoms with Crippen molar-refractivity contribution < 1.29 is 9.18 Å². The number of thiophene rings is 1. The van der Waals surface area contributed by atoms with Gasteiger partial charge in [0.15, 0.2) is 0 Å². The lowest BCUT2D eigenvalue weighted by atomic mass is 9.96. The highest BCUT2D eigenvalue weighted by atomic mass is 32.1. The van der Waals surface area contributed by atoms with E-state index in [2.05, 4.69) is 31.3 Å². The SMILES string of the molecule is CC(C)N(Cc1ccc(-c2ccc(F)cc2)s1)C(=O)C1CCNCC1. The maximum atomic E-state index is 13.1. The molecule has 1 aromatic carbocycles. The molecule has 5 heteroatoms. The Morgan fingerprint density at radius 1 is 1.20 bits per heavy atom. The van der Waals surface area contributed by atoms with E-state index in [1.165, 1.54) is 12.1 Å². The van der Waals surface area contributed by atoms with Crippen LogP contribution in [0.5, 0.6) is 0 Å². The number of piperidine rings is 1. The molecule has 134 valence electrons. The van der Waals surface area contributed by atoms with Crippen LogP contribution in [0, 0.1) is 11.7 Å². The van der Waals surface area contributed by atoms with Gasteiger partial charge in [-0.1, -0.05) is 12.1 Å². The first-order valence-electron chi connectivity index (χ1n) is 8.90. The molecule has 1 fully saturated rings. The lowest BCUT2D eigenvalue weighted by molar-refractivity contribution is -0.138. The van der Waals surface area contributed by atoms with Crippen LogP contribution >= 0.6 is 11.3 Å². The fourth-order valence-corrected chi connectivity index (χ4v) is 4.23. The van der Waals surface area contributed by atoms with Crippen LogP contribution in [0.4, 0.5) is 4.39 Å². The Morgan fingerprint density at radius 2 is 1.88 bits per heavy atom. The number of halogens is 1. The van der Waals surface area contributed by atoms with Crippen molar-refractivity contribution in [2.45, 2.75) is 39.3 Å². The number of rotatable bonds is 5. The van der Waals surface area contributed by atoms with Crippen molar-refractivity contribution in [1.82, 2.24) is 10.2 Å². The van der Waals surface area contributed by atoms with Gasteiger partial charge in [-0.2, -0.15) is 0 Å². The topological polar surface area (TPSA) is 32.3 Å². The summed E-state index contributed by atoms with van der Waals surface area (Å²) in [5, 5.41) is 3.32. The third-order valence-corrected chi connectivity index (χ3v) is 5.83. The molecule has 0 unspecified atom stereocenters. The number of hydrogen-bond donors (Lipinski definition) is 1.